The summed E-state index contributed by atoms with van der Waals surface area (Å²) in [6.07, 6.45) is 9.90. The number of rotatable bonds is 15. The fraction of sp³-hybridized carbons (Fsp3) is 0.333. The molecule has 5 aromatic rings. The highest BCUT2D eigenvalue weighted by Crippen LogP contribution is 2.42. The first-order chi connectivity index (χ1) is 25.9. The van der Waals surface area contributed by atoms with E-state index < -0.39 is 0 Å². The van der Waals surface area contributed by atoms with Gasteiger partial charge in [0.05, 0.1) is 48.4 Å². The Morgan fingerprint density at radius 1 is 0.643 bits per heavy atom. The van der Waals surface area contributed by atoms with Crippen LogP contribution in [0.3, 0.4) is 0 Å². The lowest BCUT2D eigenvalue weighted by molar-refractivity contribution is 0.200. The van der Waals surface area contributed by atoms with Crippen molar-refractivity contribution in [1.29, 1.82) is 0 Å². The van der Waals surface area contributed by atoms with Crippen molar-refractivity contribution >= 4 is 54.7 Å². The molecule has 3 aromatic carbocycles. The van der Waals surface area contributed by atoms with E-state index in [0.29, 0.717) is 40.5 Å². The number of hydrogen-bond acceptors (Lipinski definition) is 11. The molecule has 0 atom stereocenters. The van der Waals surface area contributed by atoms with E-state index in [1.54, 1.807) is 54.4 Å². The largest absolute Gasteiger partial charge is 0.493 e. The standard InChI is InChI=1S/C42H48N4O6S.3ClH/c1-47-37-20-30(21-38(48-2)41(37)51-5)32-18-29(24-43-25-32)26-45-16-13-34(14-17-45)46(33-8-10-35(53-7)11-9-33)27-28-12-15-44-36(19-28)31-22-39(49-3)42(52-6)40(23-31)50-4;;;/h8-12,15,18-25,34H,13-14,16-17,26-27H2,1-7H3;3*1H. The maximum atomic E-state index is 5.63. The Balaban J connectivity index is 0.00000280. The molecule has 0 N–H and O–H groups in total. The lowest BCUT2D eigenvalue weighted by Crippen LogP contribution is -2.44. The summed E-state index contributed by atoms with van der Waals surface area (Å²) < 4.78 is 33.5. The first-order valence-corrected chi connectivity index (χ1v) is 18.8. The lowest BCUT2D eigenvalue weighted by Gasteiger charge is -2.40. The number of methoxy groups -OCH3 is 6. The van der Waals surface area contributed by atoms with Gasteiger partial charge in [0.15, 0.2) is 23.0 Å². The van der Waals surface area contributed by atoms with Gasteiger partial charge in [-0.05, 0) is 103 Å². The van der Waals surface area contributed by atoms with Crippen molar-refractivity contribution in [2.45, 2.75) is 36.9 Å². The minimum absolute atomic E-state index is 0. The van der Waals surface area contributed by atoms with Gasteiger partial charge in [0.25, 0.3) is 0 Å². The molecule has 1 aliphatic rings. The number of ether oxygens (including phenoxy) is 6. The zero-order valence-electron chi connectivity index (χ0n) is 32.8. The second kappa shape index (κ2) is 21.9. The van der Waals surface area contributed by atoms with Gasteiger partial charge in [-0.25, -0.2) is 0 Å². The fourth-order valence-corrected chi connectivity index (χ4v) is 7.40. The number of likely N-dealkylation sites (tertiary alicyclic amines) is 1. The van der Waals surface area contributed by atoms with E-state index in [9.17, 15) is 0 Å². The van der Waals surface area contributed by atoms with Crippen LogP contribution < -0.4 is 33.3 Å². The lowest BCUT2D eigenvalue weighted by atomic mass is 9.99. The van der Waals surface area contributed by atoms with Gasteiger partial charge in [0.2, 0.25) is 11.5 Å². The van der Waals surface area contributed by atoms with Crippen molar-refractivity contribution < 1.29 is 28.4 Å². The summed E-state index contributed by atoms with van der Waals surface area (Å²) in [5.74, 6) is 3.56. The average Bonchev–Trinajstić information content (AvgIpc) is 3.22. The van der Waals surface area contributed by atoms with Crippen LogP contribution in [0.15, 0.2) is 90.2 Å². The highest BCUT2D eigenvalue weighted by Gasteiger charge is 2.26. The third kappa shape index (κ3) is 10.6. The van der Waals surface area contributed by atoms with Crippen LogP contribution >= 0.6 is 49.0 Å². The van der Waals surface area contributed by atoms with E-state index in [-0.39, 0.29) is 37.2 Å². The van der Waals surface area contributed by atoms with Gasteiger partial charge in [0, 0.05) is 72.5 Å². The predicted molar refractivity (Wildman–Crippen MR) is 233 cm³/mol. The molecule has 0 radical (unpaired) electrons. The smallest absolute Gasteiger partial charge is 0.203 e. The summed E-state index contributed by atoms with van der Waals surface area (Å²) in [5.41, 5.74) is 7.26. The van der Waals surface area contributed by atoms with E-state index in [0.717, 1.165) is 67.0 Å². The number of hydrogen-bond donors (Lipinski definition) is 0. The van der Waals surface area contributed by atoms with Gasteiger partial charge >= 0.3 is 0 Å². The van der Waals surface area contributed by atoms with Gasteiger partial charge in [-0.15, -0.1) is 49.0 Å². The Kier molecular flexibility index (Phi) is 18.0. The second-order valence-corrected chi connectivity index (χ2v) is 13.7. The van der Waals surface area contributed by atoms with Crippen LogP contribution in [0.4, 0.5) is 5.69 Å². The van der Waals surface area contributed by atoms with Gasteiger partial charge in [-0.3, -0.25) is 14.9 Å². The monoisotopic (exact) mass is 844 g/mol. The Bertz CT molecular complexity index is 1950. The summed E-state index contributed by atoms with van der Waals surface area (Å²) in [4.78, 5) is 15.7. The highest BCUT2D eigenvalue weighted by molar-refractivity contribution is 7.98. The molecule has 1 saturated heterocycles. The molecule has 0 bridgehead atoms. The fourth-order valence-electron chi connectivity index (χ4n) is 6.99. The number of aromatic nitrogens is 2. The zero-order valence-corrected chi connectivity index (χ0v) is 36.0. The van der Waals surface area contributed by atoms with Crippen molar-refractivity contribution in [2.24, 2.45) is 0 Å². The second-order valence-electron chi connectivity index (χ2n) is 12.8. The third-order valence-corrected chi connectivity index (χ3v) is 10.5. The van der Waals surface area contributed by atoms with Crippen molar-refractivity contribution in [1.82, 2.24) is 14.9 Å². The number of piperidine rings is 1. The number of anilines is 1. The molecule has 6 rings (SSSR count). The molecule has 2 aromatic heterocycles. The van der Waals surface area contributed by atoms with Crippen LogP contribution in [0.25, 0.3) is 22.4 Å². The van der Waals surface area contributed by atoms with Crippen molar-refractivity contribution in [3.8, 4) is 56.9 Å². The van der Waals surface area contributed by atoms with Crippen molar-refractivity contribution in [2.75, 3.05) is 66.9 Å². The summed E-state index contributed by atoms with van der Waals surface area (Å²) >= 11 is 1.76. The van der Waals surface area contributed by atoms with Crippen LogP contribution in [0.1, 0.15) is 24.0 Å². The molecule has 0 aliphatic carbocycles. The zero-order chi connectivity index (χ0) is 37.3. The normalized spacial score (nSPS) is 12.6. The van der Waals surface area contributed by atoms with E-state index >= 15 is 0 Å². The molecule has 0 unspecified atom stereocenters. The molecule has 56 heavy (non-hydrogen) atoms. The predicted octanol–water partition coefficient (Wildman–Crippen LogP) is 9.52. The minimum atomic E-state index is 0. The Hall–Kier alpha value is -4.26. The van der Waals surface area contributed by atoms with Gasteiger partial charge in [-0.1, -0.05) is 0 Å². The van der Waals surface area contributed by atoms with E-state index in [2.05, 4.69) is 63.5 Å². The number of nitrogens with zero attached hydrogens (tertiary/aromatic N) is 4. The van der Waals surface area contributed by atoms with Crippen LogP contribution in [0.5, 0.6) is 34.5 Å². The van der Waals surface area contributed by atoms with Crippen molar-refractivity contribution in [3.63, 3.8) is 0 Å². The van der Waals surface area contributed by atoms with Gasteiger partial charge in [-0.2, -0.15) is 0 Å². The van der Waals surface area contributed by atoms with Gasteiger partial charge in [0.1, 0.15) is 0 Å². The topological polar surface area (TPSA) is 87.6 Å². The van der Waals surface area contributed by atoms with Crippen LogP contribution in [0, 0.1) is 0 Å². The van der Waals surface area contributed by atoms with Crippen molar-refractivity contribution in [3.05, 3.63) is 96.4 Å². The molecule has 10 nitrogen and oxygen atoms in total. The Morgan fingerprint density at radius 3 is 1.71 bits per heavy atom. The summed E-state index contributed by atoms with van der Waals surface area (Å²) in [6.45, 7) is 3.53. The minimum Gasteiger partial charge on any atom is -0.493 e. The molecule has 0 saturated carbocycles. The summed E-state index contributed by atoms with van der Waals surface area (Å²) in [6, 6.07) is 23.6. The molecule has 302 valence electrons. The Morgan fingerprint density at radius 2 is 1.20 bits per heavy atom. The van der Waals surface area contributed by atoms with E-state index in [1.807, 2.05) is 42.9 Å². The summed E-state index contributed by atoms with van der Waals surface area (Å²) in [7, 11) is 9.74. The first-order valence-electron chi connectivity index (χ1n) is 17.5. The Labute approximate surface area is 353 Å². The molecule has 1 fully saturated rings. The number of halogens is 3. The molecular formula is C42H51Cl3N4O6S. The van der Waals surface area contributed by atoms with E-state index in [1.165, 1.54) is 16.1 Å². The molecular weight excluding hydrogens is 795 g/mol. The molecule has 1 aliphatic heterocycles. The number of benzene rings is 3. The highest BCUT2D eigenvalue weighted by atomic mass is 35.5. The maximum absolute atomic E-state index is 5.63. The molecule has 3 heterocycles. The molecule has 0 amide bonds. The quantitative estimate of drug-likeness (QED) is 0.0945. The van der Waals surface area contributed by atoms with Crippen LogP contribution in [0.2, 0.25) is 0 Å². The number of pyridine rings is 2. The van der Waals surface area contributed by atoms with E-state index in [4.69, 9.17) is 33.4 Å². The van der Waals surface area contributed by atoms with Crippen LogP contribution in [-0.4, -0.2) is 82.9 Å². The molecule has 14 heteroatoms. The first kappa shape index (κ1) is 46.1. The average molecular weight is 846 g/mol. The SMILES string of the molecule is COc1cc(-c2cncc(CN3CCC(N(Cc4ccnc(-c5cc(OC)c(OC)c(OC)c5)c4)c4ccc(SC)cc4)CC3)c2)cc(OC)c1OC.Cl.Cl.Cl. The molecule has 0 spiro atoms. The van der Waals surface area contributed by atoms with Crippen LogP contribution in [-0.2, 0) is 13.1 Å². The van der Waals surface area contributed by atoms with Gasteiger partial charge < -0.3 is 33.3 Å². The number of thioether (sulfide) groups is 1. The third-order valence-electron chi connectivity index (χ3n) is 9.74. The maximum Gasteiger partial charge on any atom is 0.203 e. The summed E-state index contributed by atoms with van der Waals surface area (Å²) in [5, 5.41) is 0.